The Balaban J connectivity index is 2.00. The number of hydrogen-bond donors (Lipinski definition) is 1. The van der Waals surface area contributed by atoms with Gasteiger partial charge in [-0.2, -0.15) is 4.98 Å². The number of carbonyl (C=O) groups excluding carboxylic acids is 1. The van der Waals surface area contributed by atoms with Gasteiger partial charge in [-0.15, -0.1) is 0 Å². The van der Waals surface area contributed by atoms with Gasteiger partial charge >= 0.3 is 5.97 Å². The van der Waals surface area contributed by atoms with Crippen LogP contribution >= 0.6 is 0 Å². The van der Waals surface area contributed by atoms with Gasteiger partial charge in [0.2, 0.25) is 5.88 Å². The molecule has 0 aliphatic rings. The van der Waals surface area contributed by atoms with E-state index in [1.807, 2.05) is 0 Å². The summed E-state index contributed by atoms with van der Waals surface area (Å²) in [7, 11) is 2.66. The van der Waals surface area contributed by atoms with Crippen LogP contribution in [0.3, 0.4) is 0 Å². The second kappa shape index (κ2) is 7.94. The molecule has 3 heterocycles. The molecule has 9 heteroatoms. The van der Waals surface area contributed by atoms with Gasteiger partial charge in [-0.1, -0.05) is 6.07 Å². The predicted molar refractivity (Wildman–Crippen MR) is 111 cm³/mol. The number of methoxy groups -OCH3 is 2. The van der Waals surface area contributed by atoms with Crippen LogP contribution in [0.4, 0.5) is 0 Å². The maximum atomic E-state index is 13.3. The van der Waals surface area contributed by atoms with Crippen LogP contribution in [-0.4, -0.2) is 34.7 Å². The summed E-state index contributed by atoms with van der Waals surface area (Å²) in [4.78, 5) is 42.6. The number of carbonyl (C=O) groups is 1. The minimum Gasteiger partial charge on any atom is -0.497 e. The smallest absolute Gasteiger partial charge is 0.306 e. The highest BCUT2D eigenvalue weighted by Gasteiger charge is 2.30. The number of esters is 1. The van der Waals surface area contributed by atoms with Crippen LogP contribution in [0.25, 0.3) is 16.6 Å². The van der Waals surface area contributed by atoms with Gasteiger partial charge in [0, 0.05) is 17.7 Å². The topological polar surface area (TPSA) is 120 Å². The van der Waals surface area contributed by atoms with Crippen molar-refractivity contribution in [2.24, 2.45) is 0 Å². The molecule has 4 aromatic rings. The Labute approximate surface area is 175 Å². The van der Waals surface area contributed by atoms with E-state index in [0.29, 0.717) is 11.3 Å². The average molecular weight is 422 g/mol. The van der Waals surface area contributed by atoms with Gasteiger partial charge in [0.05, 0.1) is 37.9 Å². The first-order chi connectivity index (χ1) is 14.9. The molecule has 0 aliphatic heterocycles. The molecule has 0 bridgehead atoms. The van der Waals surface area contributed by atoms with E-state index >= 15 is 0 Å². The molecular weight excluding hydrogens is 404 g/mol. The molecule has 31 heavy (non-hydrogen) atoms. The Morgan fingerprint density at radius 1 is 1.23 bits per heavy atom. The van der Waals surface area contributed by atoms with Crippen LogP contribution in [0.1, 0.15) is 23.5 Å². The molecule has 0 spiro atoms. The first kappa shape index (κ1) is 20.1. The van der Waals surface area contributed by atoms with Crippen molar-refractivity contribution in [1.29, 1.82) is 0 Å². The first-order valence-electron chi connectivity index (χ1n) is 9.31. The third-order valence-corrected chi connectivity index (χ3v) is 5.08. The molecule has 1 aromatic carbocycles. The molecule has 0 saturated heterocycles. The maximum Gasteiger partial charge on any atom is 0.306 e. The molecular formula is C22H18N2O7. The van der Waals surface area contributed by atoms with Crippen LogP contribution in [-0.2, 0) is 9.53 Å². The largest absolute Gasteiger partial charge is 0.497 e. The lowest BCUT2D eigenvalue weighted by Crippen LogP contribution is -2.27. The van der Waals surface area contributed by atoms with E-state index in [9.17, 15) is 19.5 Å². The number of pyridine rings is 1. The standard InChI is InChI=1S/C22H18N2O7/c1-29-12-6-7-16-14(9-12)20(26)15(11-31-16)13(10-18(25)30-2)19-21(27)23-17-5-3-4-8-24(17)22(19)28/h3-9,11,13,27H,10H2,1-2H3/t13-/m0/s1. The lowest BCUT2D eigenvalue weighted by atomic mass is 9.89. The van der Waals surface area contributed by atoms with Gasteiger partial charge in [-0.25, -0.2) is 0 Å². The highest BCUT2D eigenvalue weighted by Crippen LogP contribution is 2.31. The summed E-state index contributed by atoms with van der Waals surface area (Å²) in [5, 5.41) is 10.8. The summed E-state index contributed by atoms with van der Waals surface area (Å²) in [5.41, 5.74) is -0.738. The zero-order valence-electron chi connectivity index (χ0n) is 16.7. The lowest BCUT2D eigenvalue weighted by molar-refractivity contribution is -0.140. The van der Waals surface area contributed by atoms with E-state index in [4.69, 9.17) is 13.9 Å². The normalized spacial score (nSPS) is 12.1. The summed E-state index contributed by atoms with van der Waals surface area (Å²) in [6.45, 7) is 0. The molecule has 9 nitrogen and oxygen atoms in total. The van der Waals surface area contributed by atoms with E-state index in [-0.39, 0.29) is 28.6 Å². The van der Waals surface area contributed by atoms with Gasteiger partial charge in [-0.3, -0.25) is 18.8 Å². The van der Waals surface area contributed by atoms with Crippen molar-refractivity contribution in [3.63, 3.8) is 0 Å². The SMILES string of the molecule is COC(=O)C[C@@H](c1coc2ccc(OC)cc2c1=O)c1c(O)nc2ccccn2c1=O. The van der Waals surface area contributed by atoms with Gasteiger partial charge in [0.1, 0.15) is 17.0 Å². The van der Waals surface area contributed by atoms with E-state index in [2.05, 4.69) is 4.98 Å². The summed E-state index contributed by atoms with van der Waals surface area (Å²) in [5.74, 6) is -1.95. The highest BCUT2D eigenvalue weighted by atomic mass is 16.5. The third kappa shape index (κ3) is 3.50. The van der Waals surface area contributed by atoms with Gasteiger partial charge in [-0.05, 0) is 30.3 Å². The molecule has 0 radical (unpaired) electrons. The Kier molecular flexibility index (Phi) is 5.16. The monoisotopic (exact) mass is 422 g/mol. The first-order valence-corrected chi connectivity index (χ1v) is 9.31. The van der Waals surface area contributed by atoms with Crippen LogP contribution in [0.15, 0.2) is 62.9 Å². The molecule has 0 unspecified atom stereocenters. The molecule has 4 rings (SSSR count). The average Bonchev–Trinajstić information content (AvgIpc) is 2.78. The number of benzene rings is 1. The Morgan fingerprint density at radius 2 is 2.03 bits per heavy atom. The second-order valence-corrected chi connectivity index (χ2v) is 6.80. The number of aromatic nitrogens is 2. The zero-order chi connectivity index (χ0) is 22.1. The number of rotatable bonds is 5. The van der Waals surface area contributed by atoms with E-state index in [0.717, 1.165) is 0 Å². The number of nitrogens with zero attached hydrogens (tertiary/aromatic N) is 2. The van der Waals surface area contributed by atoms with Crippen molar-refractivity contribution < 1.29 is 23.8 Å². The second-order valence-electron chi connectivity index (χ2n) is 6.80. The maximum absolute atomic E-state index is 13.3. The molecule has 1 N–H and O–H groups in total. The molecule has 0 aliphatic carbocycles. The summed E-state index contributed by atoms with van der Waals surface area (Å²) < 4.78 is 16.7. The fourth-order valence-corrected chi connectivity index (χ4v) is 3.51. The predicted octanol–water partition coefficient (Wildman–Crippen LogP) is 2.21. The van der Waals surface area contributed by atoms with Crippen molar-refractivity contribution in [2.75, 3.05) is 14.2 Å². The fraction of sp³-hybridized carbons (Fsp3) is 0.182. The molecule has 0 saturated carbocycles. The Bertz CT molecular complexity index is 1420. The van der Waals surface area contributed by atoms with E-state index < -0.39 is 28.8 Å². The molecule has 0 fully saturated rings. The number of ether oxygens (including phenoxy) is 2. The van der Waals surface area contributed by atoms with Crippen molar-refractivity contribution in [2.45, 2.75) is 12.3 Å². The molecule has 0 amide bonds. The number of fused-ring (bicyclic) bond motifs is 2. The van der Waals surface area contributed by atoms with Crippen molar-refractivity contribution in [1.82, 2.24) is 9.38 Å². The third-order valence-electron chi connectivity index (χ3n) is 5.08. The van der Waals surface area contributed by atoms with Crippen LogP contribution in [0.2, 0.25) is 0 Å². The minimum absolute atomic E-state index is 0.0104. The molecule has 3 aromatic heterocycles. The van der Waals surface area contributed by atoms with E-state index in [1.54, 1.807) is 30.3 Å². The summed E-state index contributed by atoms with van der Waals surface area (Å²) in [6.07, 6.45) is 2.29. The summed E-state index contributed by atoms with van der Waals surface area (Å²) in [6, 6.07) is 9.57. The Morgan fingerprint density at radius 3 is 2.77 bits per heavy atom. The number of aromatic hydroxyl groups is 1. The van der Waals surface area contributed by atoms with Gasteiger partial charge in [0.25, 0.3) is 5.56 Å². The zero-order valence-corrected chi connectivity index (χ0v) is 16.7. The van der Waals surface area contributed by atoms with Crippen LogP contribution < -0.4 is 15.7 Å². The molecule has 1 atom stereocenters. The van der Waals surface area contributed by atoms with Crippen molar-refractivity contribution in [3.05, 3.63) is 80.6 Å². The summed E-state index contributed by atoms with van der Waals surface area (Å²) >= 11 is 0. The van der Waals surface area contributed by atoms with Crippen LogP contribution in [0, 0.1) is 0 Å². The van der Waals surface area contributed by atoms with Crippen molar-refractivity contribution >= 4 is 22.6 Å². The quantitative estimate of drug-likeness (QED) is 0.486. The van der Waals surface area contributed by atoms with Gasteiger partial charge < -0.3 is 19.0 Å². The minimum atomic E-state index is -1.14. The fourth-order valence-electron chi connectivity index (χ4n) is 3.51. The molecule has 158 valence electrons. The number of hydrogen-bond acceptors (Lipinski definition) is 8. The van der Waals surface area contributed by atoms with Crippen LogP contribution in [0.5, 0.6) is 11.6 Å². The Hall–Kier alpha value is -4.14. The van der Waals surface area contributed by atoms with Gasteiger partial charge in [0.15, 0.2) is 5.43 Å². The van der Waals surface area contributed by atoms with E-state index in [1.165, 1.54) is 37.1 Å². The lowest BCUT2D eigenvalue weighted by Gasteiger charge is -2.17. The highest BCUT2D eigenvalue weighted by molar-refractivity contribution is 5.79. The van der Waals surface area contributed by atoms with Crippen molar-refractivity contribution in [3.8, 4) is 11.6 Å².